The third-order valence-electron chi connectivity index (χ3n) is 4.45. The van der Waals surface area contributed by atoms with Gasteiger partial charge in [0.25, 0.3) is 0 Å². The molecule has 5 rings (SSSR count). The van der Waals surface area contributed by atoms with E-state index in [0.29, 0.717) is 4.88 Å². The molecule has 2 aromatic carbocycles. The van der Waals surface area contributed by atoms with Crippen molar-refractivity contribution >= 4 is 49.8 Å². The number of thiazole rings is 1. The molecule has 0 radical (unpaired) electrons. The summed E-state index contributed by atoms with van der Waals surface area (Å²) >= 11 is 2.88. The van der Waals surface area contributed by atoms with Crippen LogP contribution in [0.5, 0.6) is 0 Å². The first-order valence-corrected chi connectivity index (χ1v) is 9.90. The van der Waals surface area contributed by atoms with E-state index in [1.807, 2.05) is 36.4 Å². The summed E-state index contributed by atoms with van der Waals surface area (Å²) in [6, 6.07) is 13.2. The lowest BCUT2D eigenvalue weighted by Gasteiger charge is -1.96. The van der Waals surface area contributed by atoms with E-state index in [1.54, 1.807) is 0 Å². The third-order valence-corrected chi connectivity index (χ3v) is 6.61. The molecule has 0 N–H and O–H groups in total. The molecular formula is C21H9F2NO2S2. The molecule has 1 aliphatic rings. The summed E-state index contributed by atoms with van der Waals surface area (Å²) in [5.74, 6) is -3.46. The van der Waals surface area contributed by atoms with Crippen LogP contribution in [0.1, 0.15) is 25.6 Å². The van der Waals surface area contributed by atoms with E-state index in [4.69, 9.17) is 0 Å². The summed E-state index contributed by atoms with van der Waals surface area (Å²) in [4.78, 5) is 31.1. The number of nitrogens with zero attached hydrogens (tertiary/aromatic N) is 1. The minimum atomic E-state index is -1.14. The van der Waals surface area contributed by atoms with Gasteiger partial charge in [0, 0.05) is 21.6 Å². The van der Waals surface area contributed by atoms with E-state index in [1.165, 1.54) is 28.7 Å². The van der Waals surface area contributed by atoms with Crippen LogP contribution in [0, 0.1) is 11.6 Å². The van der Waals surface area contributed by atoms with Crippen LogP contribution in [0.3, 0.4) is 0 Å². The monoisotopic (exact) mass is 409 g/mol. The lowest BCUT2D eigenvalue weighted by atomic mass is 10.1. The second kappa shape index (κ2) is 6.25. The number of ketones is 2. The number of hydrogen-bond acceptors (Lipinski definition) is 5. The van der Waals surface area contributed by atoms with Crippen LogP contribution in [-0.4, -0.2) is 16.6 Å². The highest BCUT2D eigenvalue weighted by Gasteiger charge is 2.34. The van der Waals surface area contributed by atoms with Gasteiger partial charge in [0.15, 0.2) is 23.2 Å². The van der Waals surface area contributed by atoms with Crippen molar-refractivity contribution in [2.45, 2.75) is 0 Å². The maximum atomic E-state index is 13.4. The van der Waals surface area contributed by atoms with Crippen LogP contribution >= 0.6 is 22.7 Å². The first-order chi connectivity index (χ1) is 13.5. The largest absolute Gasteiger partial charge is 0.288 e. The molecule has 0 aliphatic heterocycles. The predicted molar refractivity (Wildman–Crippen MR) is 106 cm³/mol. The average Bonchev–Trinajstić information content (AvgIpc) is 3.31. The quantitative estimate of drug-likeness (QED) is 0.312. The molecule has 2 heterocycles. The van der Waals surface area contributed by atoms with Gasteiger partial charge in [-0.1, -0.05) is 30.3 Å². The van der Waals surface area contributed by atoms with Crippen molar-refractivity contribution in [2.75, 3.05) is 0 Å². The molecule has 28 heavy (non-hydrogen) atoms. The second-order valence-electron chi connectivity index (χ2n) is 6.23. The van der Waals surface area contributed by atoms with Gasteiger partial charge in [0.05, 0.1) is 10.3 Å². The molecule has 0 spiro atoms. The highest BCUT2D eigenvalue weighted by molar-refractivity contribution is 7.29. The van der Waals surface area contributed by atoms with E-state index in [-0.39, 0.29) is 16.7 Å². The van der Waals surface area contributed by atoms with Crippen LogP contribution in [0.4, 0.5) is 8.78 Å². The summed E-state index contributed by atoms with van der Waals surface area (Å²) < 4.78 is 27.8. The number of hydrogen-bond donors (Lipinski definition) is 0. The Bertz CT molecular complexity index is 1240. The van der Waals surface area contributed by atoms with Crippen LogP contribution in [0.15, 0.2) is 54.1 Å². The number of aromatic nitrogens is 1. The Morgan fingerprint density at radius 1 is 0.857 bits per heavy atom. The Labute approximate surface area is 165 Å². The van der Waals surface area contributed by atoms with Crippen molar-refractivity contribution in [1.29, 1.82) is 0 Å². The summed E-state index contributed by atoms with van der Waals surface area (Å²) in [6.07, 6.45) is 1.47. The Morgan fingerprint density at radius 3 is 2.11 bits per heavy atom. The molecule has 0 amide bonds. The van der Waals surface area contributed by atoms with Crippen LogP contribution in [-0.2, 0) is 0 Å². The van der Waals surface area contributed by atoms with Gasteiger partial charge in [-0.25, -0.2) is 13.8 Å². The Balaban J connectivity index is 1.53. The van der Waals surface area contributed by atoms with E-state index in [9.17, 15) is 18.4 Å². The molecule has 7 heteroatoms. The maximum absolute atomic E-state index is 13.4. The Morgan fingerprint density at radius 2 is 1.50 bits per heavy atom. The molecule has 0 bridgehead atoms. The van der Waals surface area contributed by atoms with Crippen molar-refractivity contribution in [3.05, 3.63) is 81.7 Å². The van der Waals surface area contributed by atoms with Gasteiger partial charge >= 0.3 is 0 Å². The van der Waals surface area contributed by atoms with Crippen LogP contribution in [0.25, 0.3) is 26.2 Å². The topological polar surface area (TPSA) is 47.0 Å². The lowest BCUT2D eigenvalue weighted by Crippen LogP contribution is -1.99. The highest BCUT2D eigenvalue weighted by Crippen LogP contribution is 2.37. The van der Waals surface area contributed by atoms with Crippen molar-refractivity contribution in [3.63, 3.8) is 0 Å². The standard InChI is InChI=1S/C21H9F2NO2S2/c22-15-8-12-13(9-16(15)23)19(26)14(18(12)25)6-11-7-17-21(27-11)24-20(28-17)10-4-2-1-3-5-10/h1-9H. The van der Waals surface area contributed by atoms with E-state index in [2.05, 4.69) is 4.98 Å². The minimum absolute atomic E-state index is 0.0859. The number of halogens is 2. The second-order valence-corrected chi connectivity index (χ2v) is 8.32. The number of rotatable bonds is 2. The molecule has 2 aromatic heterocycles. The molecule has 1 aliphatic carbocycles. The summed E-state index contributed by atoms with van der Waals surface area (Å²) in [7, 11) is 0. The molecule has 0 saturated heterocycles. The average molecular weight is 409 g/mol. The van der Waals surface area contributed by atoms with Crippen LogP contribution < -0.4 is 0 Å². The third kappa shape index (κ3) is 2.63. The first-order valence-electron chi connectivity index (χ1n) is 8.27. The number of Topliss-reactive ketones (excluding diaryl/α,β-unsaturated/α-hetero) is 2. The van der Waals surface area contributed by atoms with Gasteiger partial charge in [-0.05, 0) is 24.3 Å². The molecule has 3 nitrogen and oxygen atoms in total. The smallest absolute Gasteiger partial charge is 0.197 e. The number of benzene rings is 2. The summed E-state index contributed by atoms with van der Waals surface area (Å²) in [5, 5.41) is 0.896. The van der Waals surface area contributed by atoms with Crippen molar-refractivity contribution in [3.8, 4) is 10.6 Å². The Kier molecular flexibility index (Phi) is 3.82. The molecule has 0 atom stereocenters. The number of carbonyl (C=O) groups excluding carboxylic acids is 2. The SMILES string of the molecule is O=C1C(=Cc2cc3sc(-c4ccccc4)nc3s2)C(=O)c2cc(F)c(F)cc21. The molecule has 0 fully saturated rings. The molecule has 4 aromatic rings. The molecule has 136 valence electrons. The first kappa shape index (κ1) is 17.1. The van der Waals surface area contributed by atoms with Gasteiger partial charge in [-0.3, -0.25) is 9.59 Å². The summed E-state index contributed by atoms with van der Waals surface area (Å²) in [6.45, 7) is 0. The normalized spacial score (nSPS) is 13.4. The fourth-order valence-electron chi connectivity index (χ4n) is 3.12. The lowest BCUT2D eigenvalue weighted by molar-refractivity contribution is 0.0990. The number of fused-ring (bicyclic) bond motifs is 2. The van der Waals surface area contributed by atoms with E-state index >= 15 is 0 Å². The van der Waals surface area contributed by atoms with E-state index in [0.717, 1.165) is 32.2 Å². The van der Waals surface area contributed by atoms with Gasteiger partial charge in [0.1, 0.15) is 9.84 Å². The minimum Gasteiger partial charge on any atom is -0.288 e. The molecule has 0 unspecified atom stereocenters. The zero-order chi connectivity index (χ0) is 19.4. The zero-order valence-electron chi connectivity index (χ0n) is 14.0. The zero-order valence-corrected chi connectivity index (χ0v) is 15.7. The van der Waals surface area contributed by atoms with Gasteiger partial charge in [0.2, 0.25) is 0 Å². The van der Waals surface area contributed by atoms with E-state index < -0.39 is 23.2 Å². The van der Waals surface area contributed by atoms with Gasteiger partial charge in [-0.2, -0.15) is 0 Å². The predicted octanol–water partition coefficient (Wildman–Crippen LogP) is 5.77. The van der Waals surface area contributed by atoms with Crippen molar-refractivity contribution in [2.24, 2.45) is 0 Å². The number of carbonyl (C=O) groups is 2. The fourth-order valence-corrected chi connectivity index (χ4v) is 5.29. The van der Waals surface area contributed by atoms with Gasteiger partial charge < -0.3 is 0 Å². The number of thiophene rings is 1. The fraction of sp³-hybridized carbons (Fsp3) is 0. The maximum Gasteiger partial charge on any atom is 0.197 e. The summed E-state index contributed by atoms with van der Waals surface area (Å²) in [5.41, 5.74) is 0.740. The number of allylic oxidation sites excluding steroid dienone is 1. The van der Waals surface area contributed by atoms with Gasteiger partial charge in [-0.15, -0.1) is 22.7 Å². The molecule has 0 saturated carbocycles. The highest BCUT2D eigenvalue weighted by atomic mass is 32.1. The molecular weight excluding hydrogens is 400 g/mol. The van der Waals surface area contributed by atoms with Crippen LogP contribution in [0.2, 0.25) is 0 Å². The van der Waals surface area contributed by atoms with Crippen molar-refractivity contribution < 1.29 is 18.4 Å². The van der Waals surface area contributed by atoms with Crippen molar-refractivity contribution in [1.82, 2.24) is 4.98 Å². The Hall–Kier alpha value is -3.03.